The number of carbonyl (C=O) groups is 2. The maximum atomic E-state index is 12.7. The number of anilines is 2. The second-order valence-corrected chi connectivity index (χ2v) is 6.78. The number of amides is 3. The number of carbonyl (C=O) groups excluding carboxylic acids is 2. The van der Waals surface area contributed by atoms with Crippen molar-refractivity contribution in [1.29, 1.82) is 0 Å². The van der Waals surface area contributed by atoms with Gasteiger partial charge in [0.2, 0.25) is 12.7 Å². The average Bonchev–Trinajstić information content (AvgIpc) is 3.32. The first-order valence-corrected chi connectivity index (χ1v) is 9.02. The Labute approximate surface area is 161 Å². The molecule has 0 unspecified atom stereocenters. The van der Waals surface area contributed by atoms with E-state index in [2.05, 4.69) is 10.6 Å². The van der Waals surface area contributed by atoms with Crippen molar-refractivity contribution in [2.75, 3.05) is 24.0 Å². The summed E-state index contributed by atoms with van der Waals surface area (Å²) in [6, 6.07) is 11.2. The fourth-order valence-corrected chi connectivity index (χ4v) is 3.34. The van der Waals surface area contributed by atoms with Crippen molar-refractivity contribution in [1.82, 2.24) is 4.90 Å². The molecule has 27 heavy (non-hydrogen) atoms. The molecule has 3 amide bonds. The van der Waals surface area contributed by atoms with Crippen LogP contribution in [0.25, 0.3) is 0 Å². The van der Waals surface area contributed by atoms with Crippen LogP contribution in [0.5, 0.6) is 11.5 Å². The van der Waals surface area contributed by atoms with Crippen molar-refractivity contribution < 1.29 is 19.1 Å². The number of hydrogen-bond donors (Lipinski definition) is 2. The van der Waals surface area contributed by atoms with Crippen LogP contribution >= 0.6 is 11.6 Å². The second kappa shape index (κ2) is 7.36. The van der Waals surface area contributed by atoms with E-state index >= 15 is 0 Å². The van der Waals surface area contributed by atoms with Gasteiger partial charge in [0.15, 0.2) is 11.5 Å². The molecule has 2 aliphatic heterocycles. The Hall–Kier alpha value is -2.93. The van der Waals surface area contributed by atoms with Crippen LogP contribution < -0.4 is 20.1 Å². The summed E-state index contributed by atoms with van der Waals surface area (Å²) < 4.78 is 10.6. The predicted molar refractivity (Wildman–Crippen MR) is 101 cm³/mol. The molecule has 1 atom stereocenters. The van der Waals surface area contributed by atoms with Crippen LogP contribution in [-0.4, -0.2) is 36.2 Å². The molecule has 0 bridgehead atoms. The number of hydrogen-bond acceptors (Lipinski definition) is 4. The number of rotatable bonds is 3. The van der Waals surface area contributed by atoms with Crippen LogP contribution in [0.4, 0.5) is 16.2 Å². The number of urea groups is 1. The minimum Gasteiger partial charge on any atom is -0.454 e. The number of nitrogens with one attached hydrogen (secondary N) is 2. The third-order valence-corrected chi connectivity index (χ3v) is 4.80. The second-order valence-electron chi connectivity index (χ2n) is 6.35. The molecule has 0 radical (unpaired) electrons. The summed E-state index contributed by atoms with van der Waals surface area (Å²) in [4.78, 5) is 26.8. The molecule has 2 aromatic rings. The third-order valence-electron chi connectivity index (χ3n) is 4.55. The normalized spacial score (nSPS) is 17.7. The van der Waals surface area contributed by atoms with Crippen LogP contribution in [0.2, 0.25) is 5.02 Å². The lowest BCUT2D eigenvalue weighted by Gasteiger charge is -2.24. The molecule has 7 nitrogen and oxygen atoms in total. The van der Waals surface area contributed by atoms with E-state index in [0.717, 1.165) is 6.42 Å². The molecule has 2 aromatic carbocycles. The minimum absolute atomic E-state index is 0.175. The number of ether oxygens (including phenoxy) is 2. The van der Waals surface area contributed by atoms with Crippen molar-refractivity contribution >= 4 is 34.9 Å². The van der Waals surface area contributed by atoms with Crippen LogP contribution in [0.15, 0.2) is 42.5 Å². The van der Waals surface area contributed by atoms with Gasteiger partial charge in [0.25, 0.3) is 0 Å². The Balaban J connectivity index is 1.41. The quantitative estimate of drug-likeness (QED) is 0.841. The summed E-state index contributed by atoms with van der Waals surface area (Å²) in [5.74, 6) is 1.02. The highest BCUT2D eigenvalue weighted by Gasteiger charge is 2.34. The lowest BCUT2D eigenvalue weighted by molar-refractivity contribution is -0.119. The van der Waals surface area contributed by atoms with Crippen molar-refractivity contribution in [3.8, 4) is 11.5 Å². The summed E-state index contributed by atoms with van der Waals surface area (Å²) in [7, 11) is 0. The van der Waals surface area contributed by atoms with Gasteiger partial charge in [-0.1, -0.05) is 11.6 Å². The van der Waals surface area contributed by atoms with Crippen LogP contribution in [0, 0.1) is 0 Å². The maximum absolute atomic E-state index is 12.7. The SMILES string of the molecule is O=C(Nc1ccc2c(c1)OCO2)[C@@H]1CCCN1C(=O)Nc1ccc(Cl)cc1. The molecule has 0 saturated carbocycles. The largest absolute Gasteiger partial charge is 0.454 e. The molecular formula is C19H18ClN3O4. The van der Waals surface area contributed by atoms with Gasteiger partial charge in [-0.2, -0.15) is 0 Å². The van der Waals surface area contributed by atoms with E-state index in [1.807, 2.05) is 0 Å². The van der Waals surface area contributed by atoms with Gasteiger partial charge in [0.1, 0.15) is 6.04 Å². The first-order valence-electron chi connectivity index (χ1n) is 8.64. The fraction of sp³-hybridized carbons (Fsp3) is 0.263. The van der Waals surface area contributed by atoms with Gasteiger partial charge in [-0.25, -0.2) is 4.79 Å². The van der Waals surface area contributed by atoms with Gasteiger partial charge >= 0.3 is 6.03 Å². The monoisotopic (exact) mass is 387 g/mol. The molecule has 140 valence electrons. The average molecular weight is 388 g/mol. The molecule has 2 N–H and O–H groups in total. The van der Waals surface area contributed by atoms with E-state index in [9.17, 15) is 9.59 Å². The lowest BCUT2D eigenvalue weighted by atomic mass is 10.2. The zero-order valence-electron chi connectivity index (χ0n) is 14.4. The van der Waals surface area contributed by atoms with Crippen molar-refractivity contribution in [2.24, 2.45) is 0 Å². The standard InChI is InChI=1S/C19H18ClN3O4/c20-12-3-5-13(6-4-12)22-19(25)23-9-1-2-15(23)18(24)21-14-7-8-16-17(10-14)27-11-26-16/h3-8,10,15H,1-2,9,11H2,(H,21,24)(H,22,25)/t15-/m0/s1. The van der Waals surface area contributed by atoms with E-state index in [1.54, 1.807) is 47.4 Å². The Morgan fingerprint density at radius 2 is 1.74 bits per heavy atom. The number of halogens is 1. The van der Waals surface area contributed by atoms with Gasteiger partial charge < -0.3 is 25.0 Å². The van der Waals surface area contributed by atoms with E-state index in [0.29, 0.717) is 40.9 Å². The minimum atomic E-state index is -0.525. The first kappa shape index (κ1) is 17.5. The third kappa shape index (κ3) is 3.78. The zero-order chi connectivity index (χ0) is 18.8. The van der Waals surface area contributed by atoms with Gasteiger partial charge in [-0.15, -0.1) is 0 Å². The number of nitrogens with zero attached hydrogens (tertiary/aromatic N) is 1. The van der Waals surface area contributed by atoms with Crippen molar-refractivity contribution in [3.63, 3.8) is 0 Å². The summed E-state index contributed by atoms with van der Waals surface area (Å²) in [6.45, 7) is 0.701. The summed E-state index contributed by atoms with van der Waals surface area (Å²) in [5.41, 5.74) is 1.24. The molecule has 2 aliphatic rings. The Morgan fingerprint density at radius 1 is 1.00 bits per heavy atom. The highest BCUT2D eigenvalue weighted by molar-refractivity contribution is 6.30. The fourth-order valence-electron chi connectivity index (χ4n) is 3.21. The molecule has 0 aliphatic carbocycles. The first-order chi connectivity index (χ1) is 13.1. The lowest BCUT2D eigenvalue weighted by Crippen LogP contribution is -2.45. The Kier molecular flexibility index (Phi) is 4.77. The molecule has 4 rings (SSSR count). The number of fused-ring (bicyclic) bond motifs is 1. The molecule has 1 saturated heterocycles. The molecule has 1 fully saturated rings. The molecule has 0 spiro atoms. The maximum Gasteiger partial charge on any atom is 0.322 e. The summed E-state index contributed by atoms with van der Waals surface area (Å²) >= 11 is 5.86. The smallest absolute Gasteiger partial charge is 0.322 e. The Bertz CT molecular complexity index is 872. The highest BCUT2D eigenvalue weighted by Crippen LogP contribution is 2.34. The van der Waals surface area contributed by atoms with Crippen molar-refractivity contribution in [2.45, 2.75) is 18.9 Å². The summed E-state index contributed by atoms with van der Waals surface area (Å²) in [6.07, 6.45) is 1.39. The summed E-state index contributed by atoms with van der Waals surface area (Å²) in [5, 5.41) is 6.25. The van der Waals surface area contributed by atoms with E-state index < -0.39 is 6.04 Å². The molecule has 8 heteroatoms. The van der Waals surface area contributed by atoms with Gasteiger partial charge in [-0.05, 0) is 49.2 Å². The van der Waals surface area contributed by atoms with E-state index in [-0.39, 0.29) is 18.7 Å². The molecule has 2 heterocycles. The van der Waals surface area contributed by atoms with Crippen LogP contribution in [-0.2, 0) is 4.79 Å². The van der Waals surface area contributed by atoms with Crippen molar-refractivity contribution in [3.05, 3.63) is 47.5 Å². The Morgan fingerprint density at radius 3 is 2.56 bits per heavy atom. The highest BCUT2D eigenvalue weighted by atomic mass is 35.5. The number of likely N-dealkylation sites (tertiary alicyclic amines) is 1. The number of benzene rings is 2. The zero-order valence-corrected chi connectivity index (χ0v) is 15.2. The topological polar surface area (TPSA) is 79.9 Å². The van der Waals surface area contributed by atoms with Gasteiger partial charge in [0.05, 0.1) is 0 Å². The van der Waals surface area contributed by atoms with Gasteiger partial charge in [-0.3, -0.25) is 4.79 Å². The van der Waals surface area contributed by atoms with E-state index in [4.69, 9.17) is 21.1 Å². The molecular weight excluding hydrogens is 370 g/mol. The van der Waals surface area contributed by atoms with Crippen LogP contribution in [0.3, 0.4) is 0 Å². The molecule has 0 aromatic heterocycles. The van der Waals surface area contributed by atoms with E-state index in [1.165, 1.54) is 0 Å². The van der Waals surface area contributed by atoms with Gasteiger partial charge in [0, 0.05) is 29.0 Å². The predicted octanol–water partition coefficient (Wildman–Crippen LogP) is 3.70. The van der Waals surface area contributed by atoms with Crippen LogP contribution in [0.1, 0.15) is 12.8 Å².